The van der Waals surface area contributed by atoms with Crippen LogP contribution in [0, 0.1) is 0 Å². The van der Waals surface area contributed by atoms with E-state index in [1.807, 2.05) is 18.2 Å². The second-order valence-corrected chi connectivity index (χ2v) is 4.07. The molecule has 0 aliphatic heterocycles. The van der Waals surface area contributed by atoms with E-state index in [1.54, 1.807) is 24.3 Å². The van der Waals surface area contributed by atoms with E-state index in [1.165, 1.54) is 11.1 Å². The van der Waals surface area contributed by atoms with E-state index in [0.29, 0.717) is 5.75 Å². The van der Waals surface area contributed by atoms with Crippen molar-refractivity contribution in [2.45, 2.75) is 0 Å². The summed E-state index contributed by atoms with van der Waals surface area (Å²) in [6.45, 7) is 0. The fraction of sp³-hybridized carbons (Fsp3) is 0. The van der Waals surface area contributed by atoms with Gasteiger partial charge in [-0.3, -0.25) is 0 Å². The number of benzene rings is 3. The number of hydrogen-bond donors (Lipinski definition) is 1. The van der Waals surface area contributed by atoms with Crippen LogP contribution in [0.5, 0.6) is 5.75 Å². The summed E-state index contributed by atoms with van der Waals surface area (Å²) in [5, 5.41) is 8.63. The normalized spacial score (nSPS) is 8.80. The fourth-order valence-corrected chi connectivity index (χ4v) is 1.69. The molecule has 3 rings (SSSR count). The maximum atomic E-state index is 8.63. The van der Waals surface area contributed by atoms with Gasteiger partial charge in [-0.2, -0.15) is 0 Å². The molecule has 0 aliphatic carbocycles. The summed E-state index contributed by atoms with van der Waals surface area (Å²) in [5.41, 5.74) is 2.55. The van der Waals surface area contributed by atoms with E-state index in [4.69, 9.17) is 5.11 Å². The van der Waals surface area contributed by atoms with E-state index >= 15 is 0 Å². The molecule has 1 nitrogen and oxygen atoms in total. The summed E-state index contributed by atoms with van der Waals surface area (Å²) < 4.78 is 0. The number of para-hydroxylation sites is 1. The summed E-state index contributed by atoms with van der Waals surface area (Å²) in [6.07, 6.45) is 0. The van der Waals surface area contributed by atoms with Crippen LogP contribution in [0.2, 0.25) is 0 Å². The molecule has 0 unspecified atom stereocenters. The SMILES string of the molecule is Oc1ccccc1.[H-].[Na+].c1ccc(-c2ccccc2)cc1. The minimum atomic E-state index is 0. The first kappa shape index (κ1) is 16.5. The van der Waals surface area contributed by atoms with Crippen LogP contribution in [0.15, 0.2) is 91.0 Å². The van der Waals surface area contributed by atoms with Gasteiger partial charge in [0.25, 0.3) is 0 Å². The summed E-state index contributed by atoms with van der Waals surface area (Å²) in [5.74, 6) is 0.322. The number of aromatic hydroxyl groups is 1. The molecule has 0 heterocycles. The molecule has 96 valence electrons. The molecule has 0 saturated heterocycles. The van der Waals surface area contributed by atoms with E-state index in [9.17, 15) is 0 Å². The first-order valence-electron chi connectivity index (χ1n) is 6.21. The molecule has 0 atom stereocenters. The van der Waals surface area contributed by atoms with Crippen LogP contribution in [-0.4, -0.2) is 5.11 Å². The van der Waals surface area contributed by atoms with Crippen LogP contribution in [0.3, 0.4) is 0 Å². The average molecular weight is 272 g/mol. The van der Waals surface area contributed by atoms with Gasteiger partial charge in [0.1, 0.15) is 5.75 Å². The molecule has 3 aromatic carbocycles. The Labute approximate surface area is 143 Å². The number of rotatable bonds is 1. The van der Waals surface area contributed by atoms with Crippen LogP contribution in [0.25, 0.3) is 11.1 Å². The maximum Gasteiger partial charge on any atom is 1.00 e. The molecular weight excluding hydrogens is 255 g/mol. The second-order valence-electron chi connectivity index (χ2n) is 4.07. The fourth-order valence-electron chi connectivity index (χ4n) is 1.69. The van der Waals surface area contributed by atoms with Gasteiger partial charge >= 0.3 is 29.6 Å². The monoisotopic (exact) mass is 272 g/mol. The van der Waals surface area contributed by atoms with Crippen LogP contribution in [-0.2, 0) is 0 Å². The topological polar surface area (TPSA) is 20.2 Å². The number of hydrogen-bond acceptors (Lipinski definition) is 1. The average Bonchev–Trinajstić information content (AvgIpc) is 2.51. The Morgan fingerprint density at radius 3 is 1.05 bits per heavy atom. The molecular formula is C18H17NaO. The Morgan fingerprint density at radius 2 is 0.800 bits per heavy atom. The molecule has 1 N–H and O–H groups in total. The van der Waals surface area contributed by atoms with Crippen molar-refractivity contribution >= 4 is 0 Å². The molecule has 2 heteroatoms. The second kappa shape index (κ2) is 9.38. The molecule has 0 saturated carbocycles. The van der Waals surface area contributed by atoms with Gasteiger partial charge in [-0.1, -0.05) is 78.9 Å². The maximum absolute atomic E-state index is 8.63. The van der Waals surface area contributed by atoms with E-state index in [0.717, 1.165) is 0 Å². The Kier molecular flexibility index (Phi) is 7.74. The number of phenolic OH excluding ortho intramolecular Hbond substituents is 1. The Morgan fingerprint density at radius 1 is 0.500 bits per heavy atom. The largest absolute Gasteiger partial charge is 1.00 e. The van der Waals surface area contributed by atoms with Crippen molar-refractivity contribution in [1.29, 1.82) is 0 Å². The Balaban J connectivity index is 0.000000389. The zero-order valence-electron chi connectivity index (χ0n) is 12.6. The molecule has 0 radical (unpaired) electrons. The summed E-state index contributed by atoms with van der Waals surface area (Å²) in [4.78, 5) is 0. The molecule has 0 amide bonds. The summed E-state index contributed by atoms with van der Waals surface area (Å²) in [7, 11) is 0. The van der Waals surface area contributed by atoms with Gasteiger partial charge in [-0.15, -0.1) is 0 Å². The molecule has 0 aliphatic rings. The van der Waals surface area contributed by atoms with Gasteiger partial charge in [0.05, 0.1) is 0 Å². The van der Waals surface area contributed by atoms with Gasteiger partial charge in [0.2, 0.25) is 0 Å². The van der Waals surface area contributed by atoms with Gasteiger partial charge < -0.3 is 6.53 Å². The molecule has 0 spiro atoms. The summed E-state index contributed by atoms with van der Waals surface area (Å²) >= 11 is 0. The molecule has 0 aromatic heterocycles. The van der Waals surface area contributed by atoms with E-state index < -0.39 is 0 Å². The third-order valence-corrected chi connectivity index (χ3v) is 2.64. The van der Waals surface area contributed by atoms with Crippen LogP contribution >= 0.6 is 0 Å². The van der Waals surface area contributed by atoms with Crippen LogP contribution in [0.1, 0.15) is 1.43 Å². The van der Waals surface area contributed by atoms with Gasteiger partial charge in [-0.25, -0.2) is 0 Å². The predicted molar refractivity (Wildman–Crippen MR) is 81.1 cm³/mol. The van der Waals surface area contributed by atoms with E-state index in [2.05, 4.69) is 48.5 Å². The first-order valence-corrected chi connectivity index (χ1v) is 6.21. The smallest absolute Gasteiger partial charge is 1.00 e. The van der Waals surface area contributed by atoms with Gasteiger partial charge in [0.15, 0.2) is 0 Å². The minimum absolute atomic E-state index is 0. The first-order chi connectivity index (χ1) is 9.36. The third kappa shape index (κ3) is 5.62. The zero-order valence-corrected chi connectivity index (χ0v) is 13.6. The number of phenols is 1. The van der Waals surface area contributed by atoms with Crippen molar-refractivity contribution in [3.8, 4) is 16.9 Å². The van der Waals surface area contributed by atoms with Crippen molar-refractivity contribution in [3.63, 3.8) is 0 Å². The predicted octanol–water partition coefficient (Wildman–Crippen LogP) is 1.86. The molecule has 0 bridgehead atoms. The molecule has 20 heavy (non-hydrogen) atoms. The molecule has 3 aromatic rings. The van der Waals surface area contributed by atoms with Crippen molar-refractivity contribution in [2.24, 2.45) is 0 Å². The quantitative estimate of drug-likeness (QED) is 0.670. The van der Waals surface area contributed by atoms with Gasteiger partial charge in [0, 0.05) is 0 Å². The minimum Gasteiger partial charge on any atom is -1.00 e. The summed E-state index contributed by atoms with van der Waals surface area (Å²) in [6, 6.07) is 29.5. The van der Waals surface area contributed by atoms with Crippen LogP contribution < -0.4 is 29.6 Å². The van der Waals surface area contributed by atoms with Crippen molar-refractivity contribution in [2.75, 3.05) is 0 Å². The van der Waals surface area contributed by atoms with E-state index in [-0.39, 0.29) is 31.0 Å². The van der Waals surface area contributed by atoms with Crippen molar-refractivity contribution < 1.29 is 36.1 Å². The van der Waals surface area contributed by atoms with Crippen molar-refractivity contribution in [1.82, 2.24) is 0 Å². The van der Waals surface area contributed by atoms with Gasteiger partial charge in [-0.05, 0) is 23.3 Å². The molecule has 0 fully saturated rings. The van der Waals surface area contributed by atoms with Crippen LogP contribution in [0.4, 0.5) is 0 Å². The Hall–Kier alpha value is -1.54. The Bertz CT molecular complexity index is 548. The standard InChI is InChI=1S/C12H10.C6H6O.Na.H/c1-3-7-11(8-4-1)12-9-5-2-6-10-12;7-6-4-2-1-3-5-6;;/h1-10H;1-5,7H;;/q;;+1;-1. The third-order valence-electron chi connectivity index (χ3n) is 2.64. The zero-order chi connectivity index (χ0) is 13.3. The van der Waals surface area contributed by atoms with Crippen molar-refractivity contribution in [3.05, 3.63) is 91.0 Å².